The van der Waals surface area contributed by atoms with Gasteiger partial charge in [0.1, 0.15) is 11.6 Å². The van der Waals surface area contributed by atoms with E-state index in [-0.39, 0.29) is 12.2 Å². The zero-order valence-electron chi connectivity index (χ0n) is 17.7. The highest BCUT2D eigenvalue weighted by molar-refractivity contribution is 5.65. The molecule has 0 saturated carbocycles. The van der Waals surface area contributed by atoms with Crippen LogP contribution in [0.4, 0.5) is 13.2 Å². The first-order chi connectivity index (χ1) is 15.8. The first-order valence-corrected chi connectivity index (χ1v) is 10.2. The van der Waals surface area contributed by atoms with Crippen LogP contribution in [0.3, 0.4) is 0 Å². The lowest BCUT2D eigenvalue weighted by Gasteiger charge is -2.18. The zero-order chi connectivity index (χ0) is 23.6. The molecular formula is C27H19F3N2O. The minimum absolute atomic E-state index is 0.0317. The molecule has 0 N–H and O–H groups in total. The lowest BCUT2D eigenvalue weighted by atomic mass is 10.0. The maximum Gasteiger partial charge on any atom is 0.417 e. The van der Waals surface area contributed by atoms with Crippen LogP contribution in [0.1, 0.15) is 22.3 Å². The molecule has 4 rings (SSSR count). The van der Waals surface area contributed by atoms with Crippen LogP contribution in [0.5, 0.6) is 0 Å². The van der Waals surface area contributed by atoms with E-state index in [0.29, 0.717) is 5.56 Å². The van der Waals surface area contributed by atoms with Gasteiger partial charge in [0.05, 0.1) is 17.8 Å². The predicted molar refractivity (Wildman–Crippen MR) is 122 cm³/mol. The molecule has 0 spiro atoms. The molecule has 1 heterocycles. The number of alkyl halides is 3. The van der Waals surface area contributed by atoms with Gasteiger partial charge in [-0.1, -0.05) is 78.4 Å². The molecule has 0 radical (unpaired) electrons. The van der Waals surface area contributed by atoms with Gasteiger partial charge in [0.15, 0.2) is 0 Å². The second-order valence-corrected chi connectivity index (χ2v) is 7.75. The van der Waals surface area contributed by atoms with Gasteiger partial charge in [-0.05, 0) is 41.3 Å². The highest BCUT2D eigenvalue weighted by Crippen LogP contribution is 2.34. The third kappa shape index (κ3) is 4.58. The molecule has 0 aliphatic rings. The van der Waals surface area contributed by atoms with E-state index < -0.39 is 22.9 Å². The quantitative estimate of drug-likeness (QED) is 0.364. The standard InChI is InChI=1S/C27H19F3N2O/c1-18-6-5-9-22(14-18)25-15-24(27(28,29)30)23(16-31)26(33)32(25)17-19-10-12-21(13-11-19)20-7-3-2-4-8-20/h2-15H,17H2,1H3. The molecule has 3 aromatic carbocycles. The van der Waals surface area contributed by atoms with Crippen LogP contribution in [0, 0.1) is 18.3 Å². The predicted octanol–water partition coefficient (Wildman–Crippen LogP) is 6.43. The minimum Gasteiger partial charge on any atom is -0.303 e. The molecule has 33 heavy (non-hydrogen) atoms. The smallest absolute Gasteiger partial charge is 0.303 e. The summed E-state index contributed by atoms with van der Waals surface area (Å²) >= 11 is 0. The van der Waals surface area contributed by atoms with E-state index in [1.54, 1.807) is 18.2 Å². The summed E-state index contributed by atoms with van der Waals surface area (Å²) in [7, 11) is 0. The van der Waals surface area contributed by atoms with Crippen molar-refractivity contribution >= 4 is 0 Å². The summed E-state index contributed by atoms with van der Waals surface area (Å²) < 4.78 is 42.2. The van der Waals surface area contributed by atoms with Crippen LogP contribution >= 0.6 is 0 Å². The number of hydrogen-bond donors (Lipinski definition) is 0. The van der Waals surface area contributed by atoms with E-state index in [1.165, 1.54) is 10.6 Å². The second-order valence-electron chi connectivity index (χ2n) is 7.75. The average molecular weight is 444 g/mol. The van der Waals surface area contributed by atoms with Crippen molar-refractivity contribution < 1.29 is 13.2 Å². The van der Waals surface area contributed by atoms with Crippen LogP contribution in [-0.4, -0.2) is 4.57 Å². The Morgan fingerprint density at radius 3 is 2.09 bits per heavy atom. The van der Waals surface area contributed by atoms with Gasteiger partial charge in [-0.15, -0.1) is 0 Å². The van der Waals surface area contributed by atoms with Crippen molar-refractivity contribution in [3.05, 3.63) is 118 Å². The van der Waals surface area contributed by atoms with Gasteiger partial charge in [-0.2, -0.15) is 18.4 Å². The summed E-state index contributed by atoms with van der Waals surface area (Å²) in [5, 5.41) is 9.36. The topological polar surface area (TPSA) is 45.8 Å². The molecule has 0 bridgehead atoms. The summed E-state index contributed by atoms with van der Waals surface area (Å²) in [6.07, 6.45) is -4.82. The van der Waals surface area contributed by atoms with Gasteiger partial charge in [-0.3, -0.25) is 4.79 Å². The third-order valence-corrected chi connectivity index (χ3v) is 5.43. The monoisotopic (exact) mass is 444 g/mol. The summed E-state index contributed by atoms with van der Waals surface area (Å²) in [6, 6.07) is 26.5. The minimum atomic E-state index is -4.82. The fourth-order valence-corrected chi connectivity index (χ4v) is 3.79. The van der Waals surface area contributed by atoms with E-state index in [0.717, 1.165) is 28.3 Å². The summed E-state index contributed by atoms with van der Waals surface area (Å²) in [6.45, 7) is 1.85. The third-order valence-electron chi connectivity index (χ3n) is 5.43. The van der Waals surface area contributed by atoms with Gasteiger partial charge in [0.25, 0.3) is 5.56 Å². The number of hydrogen-bond acceptors (Lipinski definition) is 2. The summed E-state index contributed by atoms with van der Waals surface area (Å²) in [5.41, 5.74) is 1.09. The fraction of sp³-hybridized carbons (Fsp3) is 0.111. The zero-order valence-corrected chi connectivity index (χ0v) is 17.7. The van der Waals surface area contributed by atoms with Crippen molar-refractivity contribution in [3.8, 4) is 28.5 Å². The Morgan fingerprint density at radius 1 is 0.848 bits per heavy atom. The molecule has 3 nitrogen and oxygen atoms in total. The maximum absolute atomic E-state index is 13.7. The molecular weight excluding hydrogens is 425 g/mol. The molecule has 0 amide bonds. The van der Waals surface area contributed by atoms with Crippen molar-refractivity contribution in [2.24, 2.45) is 0 Å². The van der Waals surface area contributed by atoms with Gasteiger partial charge in [0.2, 0.25) is 0 Å². The van der Waals surface area contributed by atoms with Gasteiger partial charge in [-0.25, -0.2) is 0 Å². The largest absolute Gasteiger partial charge is 0.417 e. The van der Waals surface area contributed by atoms with Crippen LogP contribution in [0.15, 0.2) is 89.7 Å². The molecule has 0 aliphatic heterocycles. The molecule has 0 atom stereocenters. The molecule has 1 aromatic heterocycles. The fourth-order valence-electron chi connectivity index (χ4n) is 3.79. The summed E-state index contributed by atoms with van der Waals surface area (Å²) in [5.74, 6) is 0. The maximum atomic E-state index is 13.7. The van der Waals surface area contributed by atoms with Crippen LogP contribution in [0.2, 0.25) is 0 Å². The number of benzene rings is 3. The molecule has 4 aromatic rings. The van der Waals surface area contributed by atoms with Gasteiger partial charge >= 0.3 is 6.18 Å². The molecule has 164 valence electrons. The Bertz CT molecular complexity index is 1400. The Labute approximate surface area is 189 Å². The second kappa shape index (κ2) is 8.79. The number of aryl methyl sites for hydroxylation is 1. The number of pyridine rings is 1. The van der Waals surface area contributed by atoms with E-state index >= 15 is 0 Å². The number of halogens is 3. The summed E-state index contributed by atoms with van der Waals surface area (Å²) in [4.78, 5) is 13.1. The Kier molecular flexibility index (Phi) is 5.89. The van der Waals surface area contributed by atoms with Crippen LogP contribution < -0.4 is 5.56 Å². The van der Waals surface area contributed by atoms with Crippen LogP contribution in [-0.2, 0) is 12.7 Å². The molecule has 0 unspecified atom stereocenters. The van der Waals surface area contributed by atoms with E-state index in [2.05, 4.69) is 0 Å². The lowest BCUT2D eigenvalue weighted by molar-refractivity contribution is -0.137. The molecule has 0 fully saturated rings. The Morgan fingerprint density at radius 2 is 1.48 bits per heavy atom. The Balaban J connectivity index is 1.85. The number of nitrogens with zero attached hydrogens (tertiary/aromatic N) is 2. The van der Waals surface area contributed by atoms with Crippen molar-refractivity contribution in [2.45, 2.75) is 19.6 Å². The van der Waals surface area contributed by atoms with Crippen LogP contribution in [0.25, 0.3) is 22.4 Å². The first-order valence-electron chi connectivity index (χ1n) is 10.2. The Hall–Kier alpha value is -4.11. The van der Waals surface area contributed by atoms with Gasteiger partial charge < -0.3 is 4.57 Å². The normalized spacial score (nSPS) is 11.2. The number of nitriles is 1. The highest BCUT2D eigenvalue weighted by atomic mass is 19.4. The lowest BCUT2D eigenvalue weighted by Crippen LogP contribution is -2.28. The van der Waals surface area contributed by atoms with E-state index in [9.17, 15) is 23.2 Å². The van der Waals surface area contributed by atoms with Crippen molar-refractivity contribution in [1.29, 1.82) is 5.26 Å². The van der Waals surface area contributed by atoms with Crippen molar-refractivity contribution in [3.63, 3.8) is 0 Å². The van der Waals surface area contributed by atoms with Crippen molar-refractivity contribution in [1.82, 2.24) is 4.57 Å². The van der Waals surface area contributed by atoms with E-state index in [1.807, 2.05) is 67.6 Å². The van der Waals surface area contributed by atoms with Crippen molar-refractivity contribution in [2.75, 3.05) is 0 Å². The SMILES string of the molecule is Cc1cccc(-c2cc(C(F)(F)F)c(C#N)c(=O)n2Cc2ccc(-c3ccccc3)cc2)c1. The highest BCUT2D eigenvalue weighted by Gasteiger charge is 2.36. The van der Waals surface area contributed by atoms with E-state index in [4.69, 9.17) is 0 Å². The number of rotatable bonds is 4. The van der Waals surface area contributed by atoms with Gasteiger partial charge in [0, 0.05) is 0 Å². The number of aromatic nitrogens is 1. The first kappa shape index (κ1) is 22.1. The molecule has 6 heteroatoms. The molecule has 0 aliphatic carbocycles. The molecule has 0 saturated heterocycles. The average Bonchev–Trinajstić information content (AvgIpc) is 2.80.